The SMILES string of the molecule is Cn1cc(CCC(=O)C2CCOCC2)cn1. The molecule has 4 nitrogen and oxygen atoms in total. The Labute approximate surface area is 95.6 Å². The van der Waals surface area contributed by atoms with Gasteiger partial charge in [-0.15, -0.1) is 0 Å². The zero-order chi connectivity index (χ0) is 11.4. The molecule has 0 atom stereocenters. The van der Waals surface area contributed by atoms with Crippen molar-refractivity contribution in [2.24, 2.45) is 13.0 Å². The second-order valence-corrected chi connectivity index (χ2v) is 4.38. The maximum atomic E-state index is 11.9. The predicted octanol–water partition coefficient (Wildman–Crippen LogP) is 1.35. The van der Waals surface area contributed by atoms with E-state index in [1.807, 2.05) is 19.4 Å². The van der Waals surface area contributed by atoms with Crippen LogP contribution in [0.5, 0.6) is 0 Å². The van der Waals surface area contributed by atoms with Crippen LogP contribution in [0.3, 0.4) is 0 Å². The summed E-state index contributed by atoms with van der Waals surface area (Å²) < 4.78 is 7.02. The molecular weight excluding hydrogens is 204 g/mol. The third-order valence-corrected chi connectivity index (χ3v) is 3.10. The molecule has 1 aliphatic rings. The Balaban J connectivity index is 1.78. The van der Waals surface area contributed by atoms with E-state index < -0.39 is 0 Å². The van der Waals surface area contributed by atoms with E-state index in [1.165, 1.54) is 0 Å². The molecule has 2 heterocycles. The topological polar surface area (TPSA) is 44.1 Å². The molecule has 1 fully saturated rings. The van der Waals surface area contributed by atoms with Crippen molar-refractivity contribution >= 4 is 5.78 Å². The molecule has 0 aliphatic carbocycles. The van der Waals surface area contributed by atoms with Crippen LogP contribution in [-0.2, 0) is 23.0 Å². The van der Waals surface area contributed by atoms with Crippen LogP contribution in [0.4, 0.5) is 0 Å². The minimum atomic E-state index is 0.227. The minimum absolute atomic E-state index is 0.227. The summed E-state index contributed by atoms with van der Waals surface area (Å²) in [5.74, 6) is 0.609. The third kappa shape index (κ3) is 2.92. The molecule has 0 aromatic carbocycles. The Morgan fingerprint density at radius 2 is 2.31 bits per heavy atom. The van der Waals surface area contributed by atoms with Gasteiger partial charge in [0.05, 0.1) is 6.20 Å². The Morgan fingerprint density at radius 1 is 1.56 bits per heavy atom. The van der Waals surface area contributed by atoms with Crippen LogP contribution in [-0.4, -0.2) is 28.8 Å². The number of aryl methyl sites for hydroxylation is 2. The summed E-state index contributed by atoms with van der Waals surface area (Å²) in [6.07, 6.45) is 7.03. The zero-order valence-electron chi connectivity index (χ0n) is 9.69. The fourth-order valence-corrected chi connectivity index (χ4v) is 2.09. The molecule has 0 saturated carbocycles. The quantitative estimate of drug-likeness (QED) is 0.772. The van der Waals surface area contributed by atoms with Crippen molar-refractivity contribution in [2.45, 2.75) is 25.7 Å². The van der Waals surface area contributed by atoms with Crippen LogP contribution in [0.25, 0.3) is 0 Å². The molecule has 0 amide bonds. The van der Waals surface area contributed by atoms with Crippen LogP contribution in [0.1, 0.15) is 24.8 Å². The van der Waals surface area contributed by atoms with Crippen molar-refractivity contribution in [1.82, 2.24) is 9.78 Å². The highest BCUT2D eigenvalue weighted by Crippen LogP contribution is 2.18. The number of ketones is 1. The van der Waals surface area contributed by atoms with Gasteiger partial charge in [0.15, 0.2) is 0 Å². The van der Waals surface area contributed by atoms with Gasteiger partial charge in [0.1, 0.15) is 5.78 Å². The number of hydrogen-bond donors (Lipinski definition) is 0. The fraction of sp³-hybridized carbons (Fsp3) is 0.667. The fourth-order valence-electron chi connectivity index (χ4n) is 2.09. The van der Waals surface area contributed by atoms with Gasteiger partial charge in [-0.05, 0) is 24.8 Å². The van der Waals surface area contributed by atoms with Crippen LogP contribution in [0, 0.1) is 5.92 Å². The molecule has 0 N–H and O–H groups in total. The third-order valence-electron chi connectivity index (χ3n) is 3.10. The number of ether oxygens (including phenoxy) is 1. The van der Waals surface area contributed by atoms with Gasteiger partial charge in [-0.3, -0.25) is 9.48 Å². The average molecular weight is 222 g/mol. The van der Waals surface area contributed by atoms with E-state index in [0.29, 0.717) is 12.2 Å². The lowest BCUT2D eigenvalue weighted by Crippen LogP contribution is -2.23. The van der Waals surface area contributed by atoms with Crippen molar-refractivity contribution < 1.29 is 9.53 Å². The first kappa shape index (κ1) is 11.3. The summed E-state index contributed by atoms with van der Waals surface area (Å²) >= 11 is 0. The number of carbonyl (C=O) groups excluding carboxylic acids is 1. The van der Waals surface area contributed by atoms with Crippen LogP contribution in [0.15, 0.2) is 12.4 Å². The van der Waals surface area contributed by atoms with Crippen molar-refractivity contribution in [1.29, 1.82) is 0 Å². The number of carbonyl (C=O) groups is 1. The predicted molar refractivity (Wildman–Crippen MR) is 60.1 cm³/mol. The summed E-state index contributed by atoms with van der Waals surface area (Å²) in [7, 11) is 1.89. The molecule has 88 valence electrons. The second kappa shape index (κ2) is 5.25. The lowest BCUT2D eigenvalue weighted by Gasteiger charge is -2.20. The summed E-state index contributed by atoms with van der Waals surface area (Å²) in [6.45, 7) is 1.48. The summed E-state index contributed by atoms with van der Waals surface area (Å²) in [6, 6.07) is 0. The molecule has 0 bridgehead atoms. The van der Waals surface area contributed by atoms with E-state index in [-0.39, 0.29) is 5.92 Å². The lowest BCUT2D eigenvalue weighted by atomic mass is 9.92. The highest BCUT2D eigenvalue weighted by atomic mass is 16.5. The molecule has 0 radical (unpaired) electrons. The molecule has 2 rings (SSSR count). The largest absolute Gasteiger partial charge is 0.381 e. The maximum absolute atomic E-state index is 11.9. The first-order chi connectivity index (χ1) is 7.75. The first-order valence-corrected chi connectivity index (χ1v) is 5.83. The smallest absolute Gasteiger partial charge is 0.136 e. The summed E-state index contributed by atoms with van der Waals surface area (Å²) in [4.78, 5) is 11.9. The van der Waals surface area contributed by atoms with E-state index in [0.717, 1.165) is 38.0 Å². The van der Waals surface area contributed by atoms with Crippen LogP contribution in [0.2, 0.25) is 0 Å². The monoisotopic (exact) mass is 222 g/mol. The van der Waals surface area contributed by atoms with Gasteiger partial charge < -0.3 is 4.74 Å². The number of hydrogen-bond acceptors (Lipinski definition) is 3. The Kier molecular flexibility index (Phi) is 3.72. The van der Waals surface area contributed by atoms with E-state index in [4.69, 9.17) is 4.74 Å². The average Bonchev–Trinajstić information content (AvgIpc) is 2.73. The van der Waals surface area contributed by atoms with Gasteiger partial charge >= 0.3 is 0 Å². The van der Waals surface area contributed by atoms with E-state index in [2.05, 4.69) is 5.10 Å². The van der Waals surface area contributed by atoms with Gasteiger partial charge in [-0.25, -0.2) is 0 Å². The van der Waals surface area contributed by atoms with Gasteiger partial charge in [-0.2, -0.15) is 5.10 Å². The molecule has 16 heavy (non-hydrogen) atoms. The molecule has 1 aliphatic heterocycles. The van der Waals surface area contributed by atoms with Crippen LogP contribution < -0.4 is 0 Å². The van der Waals surface area contributed by atoms with Gasteiger partial charge in [0, 0.05) is 38.8 Å². The van der Waals surface area contributed by atoms with E-state index in [1.54, 1.807) is 4.68 Å². The van der Waals surface area contributed by atoms with Crippen molar-refractivity contribution in [2.75, 3.05) is 13.2 Å². The first-order valence-electron chi connectivity index (χ1n) is 5.83. The molecule has 4 heteroatoms. The molecule has 0 spiro atoms. The highest BCUT2D eigenvalue weighted by molar-refractivity contribution is 5.81. The molecule has 0 unspecified atom stereocenters. The minimum Gasteiger partial charge on any atom is -0.381 e. The normalized spacial score (nSPS) is 17.6. The maximum Gasteiger partial charge on any atom is 0.136 e. The zero-order valence-corrected chi connectivity index (χ0v) is 9.69. The lowest BCUT2D eigenvalue weighted by molar-refractivity contribution is -0.125. The Bertz CT molecular complexity index is 354. The number of Topliss-reactive ketones (excluding diaryl/α,β-unsaturated/α-hetero) is 1. The highest BCUT2D eigenvalue weighted by Gasteiger charge is 2.20. The number of rotatable bonds is 4. The Morgan fingerprint density at radius 3 is 2.94 bits per heavy atom. The van der Waals surface area contributed by atoms with Gasteiger partial charge in [0.2, 0.25) is 0 Å². The van der Waals surface area contributed by atoms with Gasteiger partial charge in [0.25, 0.3) is 0 Å². The van der Waals surface area contributed by atoms with E-state index >= 15 is 0 Å². The number of aromatic nitrogens is 2. The standard InChI is InChI=1S/C12H18N2O2/c1-14-9-10(8-13-14)2-3-12(15)11-4-6-16-7-5-11/h8-9,11H,2-7H2,1H3. The molecule has 1 aromatic rings. The second-order valence-electron chi connectivity index (χ2n) is 4.38. The van der Waals surface area contributed by atoms with Crippen LogP contribution >= 0.6 is 0 Å². The molecular formula is C12H18N2O2. The summed E-state index contributed by atoms with van der Waals surface area (Å²) in [5, 5.41) is 4.09. The number of nitrogens with zero attached hydrogens (tertiary/aromatic N) is 2. The molecule has 1 saturated heterocycles. The Hall–Kier alpha value is -1.16. The molecule has 1 aromatic heterocycles. The van der Waals surface area contributed by atoms with E-state index in [9.17, 15) is 4.79 Å². The van der Waals surface area contributed by atoms with Crippen molar-refractivity contribution in [3.63, 3.8) is 0 Å². The van der Waals surface area contributed by atoms with Crippen molar-refractivity contribution in [3.8, 4) is 0 Å². The summed E-state index contributed by atoms with van der Waals surface area (Å²) in [5.41, 5.74) is 1.14. The van der Waals surface area contributed by atoms with Gasteiger partial charge in [-0.1, -0.05) is 0 Å². The van der Waals surface area contributed by atoms with Crippen molar-refractivity contribution in [3.05, 3.63) is 18.0 Å².